The number of carboxylic acids is 1. The van der Waals surface area contributed by atoms with Crippen molar-refractivity contribution in [3.8, 4) is 0 Å². The number of aromatic carboxylic acids is 1. The third kappa shape index (κ3) is 3.02. The zero-order valence-electron chi connectivity index (χ0n) is 12.0. The fourth-order valence-corrected chi connectivity index (χ4v) is 2.15. The molecule has 0 saturated heterocycles. The van der Waals surface area contributed by atoms with Crippen molar-refractivity contribution in [2.45, 2.75) is 26.8 Å². The second-order valence-corrected chi connectivity index (χ2v) is 4.86. The molecule has 0 amide bonds. The lowest BCUT2D eigenvalue weighted by molar-refractivity contribution is 0.0695. The van der Waals surface area contributed by atoms with Crippen molar-refractivity contribution in [2.75, 3.05) is 11.9 Å². The van der Waals surface area contributed by atoms with Gasteiger partial charge in [0.05, 0.1) is 6.54 Å². The minimum Gasteiger partial charge on any atom is -0.478 e. The van der Waals surface area contributed by atoms with Crippen molar-refractivity contribution in [1.82, 2.24) is 0 Å². The maximum Gasteiger partial charge on any atom is 0.339 e. The average molecular weight is 273 g/mol. The first kappa shape index (κ1) is 14.2. The van der Waals surface area contributed by atoms with Crippen LogP contribution in [0.5, 0.6) is 0 Å². The molecule has 1 heterocycles. The predicted octanol–water partition coefficient (Wildman–Crippen LogP) is 3.49. The molecule has 20 heavy (non-hydrogen) atoms. The van der Waals surface area contributed by atoms with Crippen molar-refractivity contribution in [1.29, 1.82) is 0 Å². The van der Waals surface area contributed by atoms with E-state index in [0.29, 0.717) is 18.1 Å². The summed E-state index contributed by atoms with van der Waals surface area (Å²) < 4.78 is 5.49. The summed E-state index contributed by atoms with van der Waals surface area (Å²) in [5.74, 6) is 0.150. The minimum absolute atomic E-state index is 0.231. The molecule has 1 aromatic carbocycles. The summed E-state index contributed by atoms with van der Waals surface area (Å²) in [6, 6.07) is 9.91. The molecule has 1 aromatic heterocycles. The molecule has 106 valence electrons. The van der Waals surface area contributed by atoms with Crippen LogP contribution in [0.4, 0.5) is 5.69 Å². The van der Waals surface area contributed by atoms with Crippen molar-refractivity contribution in [3.63, 3.8) is 0 Å². The van der Waals surface area contributed by atoms with Gasteiger partial charge in [-0.1, -0.05) is 19.1 Å². The Labute approximate surface area is 118 Å². The number of anilines is 1. The quantitative estimate of drug-likeness (QED) is 0.906. The Kier molecular flexibility index (Phi) is 4.13. The van der Waals surface area contributed by atoms with Gasteiger partial charge in [0.15, 0.2) is 0 Å². The molecule has 2 rings (SSSR count). The second-order valence-electron chi connectivity index (χ2n) is 4.86. The molecule has 0 radical (unpaired) electrons. The van der Waals surface area contributed by atoms with Crippen molar-refractivity contribution in [2.24, 2.45) is 0 Å². The number of nitrogens with zero attached hydrogens (tertiary/aromatic N) is 1. The molecule has 0 atom stereocenters. The van der Waals surface area contributed by atoms with Gasteiger partial charge in [-0.05, 0) is 37.1 Å². The second kappa shape index (κ2) is 5.82. The third-order valence-electron chi connectivity index (χ3n) is 3.38. The summed E-state index contributed by atoms with van der Waals surface area (Å²) in [5.41, 5.74) is 2.60. The van der Waals surface area contributed by atoms with Crippen LogP contribution in [-0.2, 0) is 13.0 Å². The summed E-state index contributed by atoms with van der Waals surface area (Å²) in [7, 11) is 1.96. The van der Waals surface area contributed by atoms with E-state index in [1.54, 1.807) is 13.0 Å². The fraction of sp³-hybridized carbons (Fsp3) is 0.312. The maximum absolute atomic E-state index is 11.0. The summed E-state index contributed by atoms with van der Waals surface area (Å²) >= 11 is 0. The van der Waals surface area contributed by atoms with Gasteiger partial charge in [-0.2, -0.15) is 0 Å². The molecule has 0 bridgehead atoms. The summed E-state index contributed by atoms with van der Waals surface area (Å²) in [6.45, 7) is 4.33. The van der Waals surface area contributed by atoms with Crippen LogP contribution in [0.3, 0.4) is 0 Å². The van der Waals surface area contributed by atoms with Gasteiger partial charge < -0.3 is 14.4 Å². The SMILES string of the molecule is CCc1ccc(N(C)Cc2cc(C(=O)O)c(C)o2)cc1. The predicted molar refractivity (Wildman–Crippen MR) is 78.3 cm³/mol. The number of rotatable bonds is 5. The lowest BCUT2D eigenvalue weighted by Crippen LogP contribution is -2.15. The van der Waals surface area contributed by atoms with Gasteiger partial charge in [0.1, 0.15) is 17.1 Å². The Bertz CT molecular complexity index is 599. The lowest BCUT2D eigenvalue weighted by atomic mass is 10.1. The summed E-state index contributed by atoms with van der Waals surface area (Å²) in [4.78, 5) is 13.0. The van der Waals surface area contributed by atoms with E-state index >= 15 is 0 Å². The lowest BCUT2D eigenvalue weighted by Gasteiger charge is -2.18. The zero-order chi connectivity index (χ0) is 14.7. The highest BCUT2D eigenvalue weighted by atomic mass is 16.4. The van der Waals surface area contributed by atoms with Gasteiger partial charge in [0.2, 0.25) is 0 Å². The van der Waals surface area contributed by atoms with Gasteiger partial charge >= 0.3 is 5.97 Å². The molecule has 0 fully saturated rings. The molecule has 0 saturated carbocycles. The van der Waals surface area contributed by atoms with E-state index < -0.39 is 5.97 Å². The van der Waals surface area contributed by atoms with E-state index in [0.717, 1.165) is 12.1 Å². The standard InChI is InChI=1S/C16H19NO3/c1-4-12-5-7-13(8-6-12)17(3)10-14-9-15(16(18)19)11(2)20-14/h5-9H,4,10H2,1-3H3,(H,18,19). The molecule has 4 heteroatoms. The molecular weight excluding hydrogens is 254 g/mol. The minimum atomic E-state index is -0.951. The monoisotopic (exact) mass is 273 g/mol. The number of carbonyl (C=O) groups is 1. The van der Waals surface area contributed by atoms with Crippen LogP contribution in [0, 0.1) is 6.92 Å². The molecular formula is C16H19NO3. The van der Waals surface area contributed by atoms with E-state index in [9.17, 15) is 4.79 Å². The number of hydrogen-bond donors (Lipinski definition) is 1. The Balaban J connectivity index is 2.12. The number of furan rings is 1. The highest BCUT2D eigenvalue weighted by Crippen LogP contribution is 2.20. The zero-order valence-corrected chi connectivity index (χ0v) is 12.0. The van der Waals surface area contributed by atoms with Crippen LogP contribution >= 0.6 is 0 Å². The highest BCUT2D eigenvalue weighted by Gasteiger charge is 2.14. The Hall–Kier alpha value is -2.23. The molecule has 0 unspecified atom stereocenters. The molecule has 2 aromatic rings. The Morgan fingerprint density at radius 1 is 1.30 bits per heavy atom. The van der Waals surface area contributed by atoms with Gasteiger partial charge in [-0.15, -0.1) is 0 Å². The smallest absolute Gasteiger partial charge is 0.339 e. The first-order valence-corrected chi connectivity index (χ1v) is 6.64. The van der Waals surface area contributed by atoms with Gasteiger partial charge in [-0.3, -0.25) is 0 Å². The van der Waals surface area contributed by atoms with Crippen LogP contribution in [-0.4, -0.2) is 18.1 Å². The first-order valence-electron chi connectivity index (χ1n) is 6.64. The molecule has 4 nitrogen and oxygen atoms in total. The van der Waals surface area contributed by atoms with Crippen molar-refractivity contribution < 1.29 is 14.3 Å². The normalized spacial score (nSPS) is 10.6. The van der Waals surface area contributed by atoms with Crippen LogP contribution < -0.4 is 4.90 Å². The van der Waals surface area contributed by atoms with Gasteiger partial charge in [-0.25, -0.2) is 4.79 Å². The van der Waals surface area contributed by atoms with Crippen molar-refractivity contribution >= 4 is 11.7 Å². The van der Waals surface area contributed by atoms with E-state index in [1.807, 2.05) is 11.9 Å². The topological polar surface area (TPSA) is 53.7 Å². The average Bonchev–Trinajstić information content (AvgIpc) is 2.79. The van der Waals surface area contributed by atoms with Gasteiger partial charge in [0.25, 0.3) is 0 Å². The first-order chi connectivity index (χ1) is 9.51. The van der Waals surface area contributed by atoms with E-state index in [2.05, 4.69) is 31.2 Å². The maximum atomic E-state index is 11.0. The number of aryl methyl sites for hydroxylation is 2. The largest absolute Gasteiger partial charge is 0.478 e. The molecule has 0 spiro atoms. The van der Waals surface area contributed by atoms with E-state index in [1.165, 1.54) is 5.56 Å². The summed E-state index contributed by atoms with van der Waals surface area (Å²) in [6.07, 6.45) is 1.02. The van der Waals surface area contributed by atoms with Gasteiger partial charge in [0, 0.05) is 12.7 Å². The molecule has 0 aliphatic carbocycles. The van der Waals surface area contributed by atoms with Crippen LogP contribution in [0.15, 0.2) is 34.7 Å². The Morgan fingerprint density at radius 3 is 2.45 bits per heavy atom. The molecule has 0 aliphatic rings. The third-order valence-corrected chi connectivity index (χ3v) is 3.38. The van der Waals surface area contributed by atoms with Crippen LogP contribution in [0.2, 0.25) is 0 Å². The van der Waals surface area contributed by atoms with E-state index in [-0.39, 0.29) is 5.56 Å². The number of benzene rings is 1. The number of hydrogen-bond acceptors (Lipinski definition) is 3. The molecule has 1 N–H and O–H groups in total. The van der Waals surface area contributed by atoms with Crippen LogP contribution in [0.25, 0.3) is 0 Å². The number of carboxylic acid groups (broad SMARTS) is 1. The van der Waals surface area contributed by atoms with E-state index in [4.69, 9.17) is 9.52 Å². The Morgan fingerprint density at radius 2 is 1.95 bits per heavy atom. The molecule has 0 aliphatic heterocycles. The fourth-order valence-electron chi connectivity index (χ4n) is 2.15. The summed E-state index contributed by atoms with van der Waals surface area (Å²) in [5, 5.41) is 9.01. The van der Waals surface area contributed by atoms with Crippen molar-refractivity contribution in [3.05, 3.63) is 53.0 Å². The highest BCUT2D eigenvalue weighted by molar-refractivity contribution is 5.88. The van der Waals surface area contributed by atoms with Crippen LogP contribution in [0.1, 0.15) is 34.4 Å².